The number of nitrogens with one attached hydrogen (secondary N) is 1. The predicted molar refractivity (Wildman–Crippen MR) is 255 cm³/mol. The molecule has 4 aliphatic carbocycles. The van der Waals surface area contributed by atoms with Crippen molar-refractivity contribution in [3.8, 4) is 22.3 Å². The number of fused-ring (bicyclic) bond motifs is 11. The minimum atomic E-state index is -0.426. The molecule has 5 nitrogen and oxygen atoms in total. The van der Waals surface area contributed by atoms with Crippen molar-refractivity contribution in [3.63, 3.8) is 0 Å². The summed E-state index contributed by atoms with van der Waals surface area (Å²) in [4.78, 5) is 10.8. The minimum Gasteiger partial charge on any atom is -0.490 e. The van der Waals surface area contributed by atoms with Crippen molar-refractivity contribution in [1.82, 2.24) is 5.32 Å². The zero-order valence-electron chi connectivity index (χ0n) is 34.6. The van der Waals surface area contributed by atoms with Gasteiger partial charge >= 0.3 is 0 Å². The fourth-order valence-electron chi connectivity index (χ4n) is 11.2. The summed E-state index contributed by atoms with van der Waals surface area (Å²) in [5.41, 5.74) is 14.8. The van der Waals surface area contributed by atoms with Crippen LogP contribution in [0.1, 0.15) is 59.2 Å². The normalized spacial score (nSPS) is 22.4. The highest BCUT2D eigenvalue weighted by atomic mass is 16.5. The summed E-state index contributed by atoms with van der Waals surface area (Å²) in [5.74, 6) is 3.04. The number of furan rings is 1. The fourth-order valence-corrected chi connectivity index (χ4v) is 11.2. The average molecular weight is 814 g/mol. The number of allylic oxidation sites excluding steroid dienone is 9. The van der Waals surface area contributed by atoms with Crippen LogP contribution in [0.15, 0.2) is 226 Å². The van der Waals surface area contributed by atoms with Gasteiger partial charge in [0.25, 0.3) is 0 Å². The number of amidine groups is 2. The molecule has 1 N–H and O–H groups in total. The number of rotatable bonds is 5. The Balaban J connectivity index is 0.880. The highest BCUT2D eigenvalue weighted by molar-refractivity contribution is 6.12. The van der Waals surface area contributed by atoms with Gasteiger partial charge in [0, 0.05) is 57.7 Å². The molecule has 13 rings (SSSR count). The van der Waals surface area contributed by atoms with E-state index >= 15 is 0 Å². The van der Waals surface area contributed by atoms with E-state index in [0.717, 1.165) is 80.9 Å². The Hall–Kier alpha value is -7.50. The average Bonchev–Trinajstić information content (AvgIpc) is 3.88. The van der Waals surface area contributed by atoms with Crippen LogP contribution in [0.4, 0.5) is 0 Å². The van der Waals surface area contributed by atoms with Crippen molar-refractivity contribution in [1.29, 1.82) is 0 Å². The number of ether oxygens (including phenoxy) is 1. The zero-order valence-corrected chi connectivity index (χ0v) is 34.6. The quantitative estimate of drug-likeness (QED) is 0.188. The molecular weight excluding hydrogens is 771 g/mol. The molecule has 302 valence electrons. The Morgan fingerprint density at radius 3 is 2.13 bits per heavy atom. The van der Waals surface area contributed by atoms with E-state index in [1.54, 1.807) is 0 Å². The standard InChI is InChI=1S/C58H43N3O2/c1-2-15-37(16-3-1)55-59-56(38-31-29-36(30-32-38)41-22-14-23-45-44-20-8-12-27-51(44)63-54(41)45)61-57(60-55)46-21-5-4-17-40(46)39-33-34-50-53(35-39)62-52-28-13-11-26-49(52)58(50)47-24-9-6-18-42(47)43-19-7-10-25-48(43)58/h1-15,17-27,29-34,37,39,52,57H,16,28,35H2,(H,59,60,61). The molecule has 6 aliphatic rings. The number of aliphatic imine (C=N–C) groups is 2. The van der Waals surface area contributed by atoms with Crippen molar-refractivity contribution in [2.45, 2.75) is 42.9 Å². The predicted octanol–water partition coefficient (Wildman–Crippen LogP) is 13.4. The van der Waals surface area contributed by atoms with Crippen molar-refractivity contribution in [3.05, 3.63) is 239 Å². The van der Waals surface area contributed by atoms with Gasteiger partial charge in [-0.3, -0.25) is 0 Å². The first-order valence-corrected chi connectivity index (χ1v) is 22.2. The van der Waals surface area contributed by atoms with Crippen LogP contribution < -0.4 is 5.32 Å². The van der Waals surface area contributed by atoms with Crippen LogP contribution in [0.25, 0.3) is 44.2 Å². The second-order valence-electron chi connectivity index (χ2n) is 17.4. The Bertz CT molecular complexity index is 3250. The van der Waals surface area contributed by atoms with Gasteiger partial charge in [0.05, 0.1) is 5.41 Å². The summed E-state index contributed by atoms with van der Waals surface area (Å²) in [6, 6.07) is 50.1. The maximum Gasteiger partial charge on any atom is 0.169 e. The summed E-state index contributed by atoms with van der Waals surface area (Å²) in [7, 11) is 0. The van der Waals surface area contributed by atoms with Gasteiger partial charge in [-0.2, -0.15) is 0 Å². The first kappa shape index (κ1) is 36.2. The molecular formula is C58H43N3O2. The first-order valence-electron chi connectivity index (χ1n) is 22.2. The number of hydrogen-bond acceptors (Lipinski definition) is 5. The van der Waals surface area contributed by atoms with Gasteiger partial charge in [-0.25, -0.2) is 9.98 Å². The first-order chi connectivity index (χ1) is 31.2. The van der Waals surface area contributed by atoms with Crippen molar-refractivity contribution in [2.75, 3.05) is 0 Å². The van der Waals surface area contributed by atoms with E-state index in [1.807, 2.05) is 12.1 Å². The minimum absolute atomic E-state index is 0.0327. The summed E-state index contributed by atoms with van der Waals surface area (Å²) >= 11 is 0. The number of benzene rings is 6. The second-order valence-corrected chi connectivity index (χ2v) is 17.4. The third-order valence-corrected chi connectivity index (χ3v) is 14.0. The topological polar surface area (TPSA) is 59.1 Å². The van der Waals surface area contributed by atoms with Crippen LogP contribution in [0, 0.1) is 5.92 Å². The molecule has 0 saturated carbocycles. The molecule has 1 spiro atoms. The molecule has 0 fully saturated rings. The molecule has 4 atom stereocenters. The van der Waals surface area contributed by atoms with E-state index in [2.05, 4.69) is 187 Å². The van der Waals surface area contributed by atoms with E-state index < -0.39 is 11.6 Å². The van der Waals surface area contributed by atoms with Gasteiger partial charge in [-0.05, 0) is 51.4 Å². The maximum atomic E-state index is 7.12. The lowest BCUT2D eigenvalue weighted by Crippen LogP contribution is -2.42. The largest absolute Gasteiger partial charge is 0.490 e. The summed E-state index contributed by atoms with van der Waals surface area (Å²) in [6.07, 6.45) is 22.3. The van der Waals surface area contributed by atoms with Gasteiger partial charge in [-0.15, -0.1) is 0 Å². The lowest BCUT2D eigenvalue weighted by molar-refractivity contribution is 0.109. The fraction of sp³-hybridized carbons (Fsp3) is 0.138. The van der Waals surface area contributed by atoms with Crippen molar-refractivity contribution >= 4 is 33.6 Å². The lowest BCUT2D eigenvalue weighted by atomic mass is 9.61. The van der Waals surface area contributed by atoms with E-state index in [-0.39, 0.29) is 17.9 Å². The highest BCUT2D eigenvalue weighted by Gasteiger charge is 2.54. The number of para-hydroxylation sites is 2. The molecule has 0 bridgehead atoms. The van der Waals surface area contributed by atoms with Crippen LogP contribution in [-0.4, -0.2) is 17.8 Å². The van der Waals surface area contributed by atoms with E-state index in [9.17, 15) is 0 Å². The molecule has 7 aromatic rings. The summed E-state index contributed by atoms with van der Waals surface area (Å²) < 4.78 is 13.5. The molecule has 0 saturated heterocycles. The van der Waals surface area contributed by atoms with Gasteiger partial charge in [0.2, 0.25) is 0 Å². The molecule has 5 heteroatoms. The highest BCUT2D eigenvalue weighted by Crippen LogP contribution is 2.62. The lowest BCUT2D eigenvalue weighted by Gasteiger charge is -2.47. The molecule has 4 unspecified atom stereocenters. The third-order valence-electron chi connectivity index (χ3n) is 14.0. The molecule has 0 amide bonds. The van der Waals surface area contributed by atoms with Crippen LogP contribution in [0.3, 0.4) is 0 Å². The number of nitrogens with zero attached hydrogens (tertiary/aromatic N) is 2. The van der Waals surface area contributed by atoms with E-state index in [0.29, 0.717) is 0 Å². The Labute approximate surface area is 366 Å². The van der Waals surface area contributed by atoms with E-state index in [1.165, 1.54) is 39.0 Å². The van der Waals surface area contributed by atoms with Gasteiger partial charge in [0.1, 0.15) is 34.7 Å². The monoisotopic (exact) mass is 813 g/mol. The van der Waals surface area contributed by atoms with Crippen molar-refractivity contribution < 1.29 is 9.15 Å². The number of hydrogen-bond donors (Lipinski definition) is 1. The molecule has 2 aliphatic heterocycles. The van der Waals surface area contributed by atoms with Gasteiger partial charge in [0.15, 0.2) is 6.17 Å². The van der Waals surface area contributed by atoms with Crippen molar-refractivity contribution in [2.24, 2.45) is 15.9 Å². The molecule has 3 heterocycles. The Kier molecular flexibility index (Phi) is 8.20. The van der Waals surface area contributed by atoms with Crippen LogP contribution in [0.5, 0.6) is 0 Å². The van der Waals surface area contributed by atoms with E-state index in [4.69, 9.17) is 19.1 Å². The second kappa shape index (κ2) is 14.3. The molecule has 1 aromatic heterocycles. The summed E-state index contributed by atoms with van der Waals surface area (Å²) in [5, 5.41) is 5.95. The maximum absolute atomic E-state index is 7.12. The SMILES string of the molecule is C1=CCC(C2=NC(c3ccccc3C3C=CC4=C(C3)OC3CC=CC=C3C43c4ccccc4-c4ccccc43)N=C(c3ccc(-c4cccc5c4oc4ccccc45)cc3)N2)C=C1. The third kappa shape index (κ3) is 5.55. The molecule has 0 radical (unpaired) electrons. The summed E-state index contributed by atoms with van der Waals surface area (Å²) in [6.45, 7) is 0. The molecule has 63 heavy (non-hydrogen) atoms. The van der Waals surface area contributed by atoms with Crippen LogP contribution >= 0.6 is 0 Å². The smallest absolute Gasteiger partial charge is 0.169 e. The zero-order chi connectivity index (χ0) is 41.5. The Morgan fingerprint density at radius 1 is 0.587 bits per heavy atom. The van der Waals surface area contributed by atoms with Crippen LogP contribution in [0.2, 0.25) is 0 Å². The van der Waals surface area contributed by atoms with Gasteiger partial charge in [-0.1, -0.05) is 188 Å². The Morgan fingerprint density at radius 2 is 1.30 bits per heavy atom. The van der Waals surface area contributed by atoms with Crippen LogP contribution in [-0.2, 0) is 10.2 Å². The molecule has 6 aromatic carbocycles. The van der Waals surface area contributed by atoms with Gasteiger partial charge < -0.3 is 14.5 Å².